The van der Waals surface area contributed by atoms with Crippen LogP contribution in [0.1, 0.15) is 27.8 Å². The largest absolute Gasteiger partial charge is 0.367 e. The van der Waals surface area contributed by atoms with E-state index in [0.29, 0.717) is 39.3 Å². The zero-order chi connectivity index (χ0) is 22.7. The number of carbonyl (C=O) groups is 1. The van der Waals surface area contributed by atoms with Gasteiger partial charge in [0.2, 0.25) is 0 Å². The third-order valence-electron chi connectivity index (χ3n) is 5.04. The molecular formula is C23H22N4O2S2. The molecule has 1 fully saturated rings. The molecule has 1 saturated heterocycles. The summed E-state index contributed by atoms with van der Waals surface area (Å²) < 4.78 is 1.86. The van der Waals surface area contributed by atoms with Gasteiger partial charge in [-0.1, -0.05) is 59.9 Å². The molecule has 1 aliphatic heterocycles. The van der Waals surface area contributed by atoms with Crippen LogP contribution in [0.25, 0.3) is 6.08 Å². The lowest BCUT2D eigenvalue weighted by atomic mass is 10.0. The molecular weight excluding hydrogens is 428 g/mol. The predicted octanol–water partition coefficient (Wildman–Crippen LogP) is 3.87. The first kappa shape index (κ1) is 22.5. The number of aryl methyl sites for hydroxylation is 1. The quantitative estimate of drug-likeness (QED) is 0.409. The summed E-state index contributed by atoms with van der Waals surface area (Å²) in [6.07, 6.45) is 3.32. The molecule has 2 heterocycles. The number of pyridine rings is 1. The molecule has 1 aromatic heterocycles. The molecule has 0 radical (unpaired) electrons. The van der Waals surface area contributed by atoms with E-state index in [1.54, 1.807) is 26.1 Å². The summed E-state index contributed by atoms with van der Waals surface area (Å²) in [7, 11) is 1.61. The Morgan fingerprint density at radius 3 is 2.55 bits per heavy atom. The SMILES string of the molecule is C=CCN1C(=O)/C(=C/c2c(C)c(C#N)c(=O)n(C)c2NCc2ccc(C)cc2)SC1=S. The van der Waals surface area contributed by atoms with Crippen molar-refractivity contribution in [2.45, 2.75) is 20.4 Å². The first-order chi connectivity index (χ1) is 14.8. The van der Waals surface area contributed by atoms with Crippen molar-refractivity contribution in [3.05, 3.63) is 80.0 Å². The zero-order valence-electron chi connectivity index (χ0n) is 17.6. The molecule has 0 unspecified atom stereocenters. The Labute approximate surface area is 190 Å². The third kappa shape index (κ3) is 4.48. The summed E-state index contributed by atoms with van der Waals surface area (Å²) in [5.41, 5.74) is 3.01. The van der Waals surface area contributed by atoms with Crippen molar-refractivity contribution >= 4 is 46.1 Å². The van der Waals surface area contributed by atoms with Crippen LogP contribution >= 0.6 is 24.0 Å². The van der Waals surface area contributed by atoms with Crippen molar-refractivity contribution in [3.8, 4) is 6.07 Å². The Morgan fingerprint density at radius 1 is 1.26 bits per heavy atom. The van der Waals surface area contributed by atoms with E-state index in [-0.39, 0.29) is 17.0 Å². The number of anilines is 1. The maximum Gasteiger partial charge on any atom is 0.270 e. The number of aromatic nitrogens is 1. The van der Waals surface area contributed by atoms with E-state index in [9.17, 15) is 14.9 Å². The Bertz CT molecular complexity index is 1200. The van der Waals surface area contributed by atoms with Gasteiger partial charge in [0.05, 0.1) is 4.91 Å². The molecule has 3 rings (SSSR count). The molecule has 8 heteroatoms. The second-order valence-corrected chi connectivity index (χ2v) is 8.83. The maximum atomic E-state index is 12.8. The van der Waals surface area contributed by atoms with Crippen LogP contribution in [0.3, 0.4) is 0 Å². The van der Waals surface area contributed by atoms with Gasteiger partial charge in [0.25, 0.3) is 11.5 Å². The number of thioether (sulfide) groups is 1. The normalized spacial score (nSPS) is 14.8. The summed E-state index contributed by atoms with van der Waals surface area (Å²) in [4.78, 5) is 27.4. The average molecular weight is 451 g/mol. The van der Waals surface area contributed by atoms with Gasteiger partial charge in [0, 0.05) is 25.7 Å². The second-order valence-electron chi connectivity index (χ2n) is 7.16. The van der Waals surface area contributed by atoms with Gasteiger partial charge >= 0.3 is 0 Å². The molecule has 1 N–H and O–H groups in total. The topological polar surface area (TPSA) is 78.1 Å². The molecule has 1 amide bonds. The summed E-state index contributed by atoms with van der Waals surface area (Å²) >= 11 is 6.52. The number of hydrogen-bond acceptors (Lipinski definition) is 6. The molecule has 158 valence electrons. The van der Waals surface area contributed by atoms with E-state index >= 15 is 0 Å². The number of nitrogens with one attached hydrogen (secondary N) is 1. The van der Waals surface area contributed by atoms with Crippen LogP contribution in [0.5, 0.6) is 0 Å². The number of rotatable bonds is 6. The first-order valence-corrected chi connectivity index (χ1v) is 10.8. The van der Waals surface area contributed by atoms with Crippen LogP contribution < -0.4 is 10.9 Å². The minimum atomic E-state index is -0.386. The van der Waals surface area contributed by atoms with Crippen molar-refractivity contribution in [2.24, 2.45) is 7.05 Å². The molecule has 0 spiro atoms. The van der Waals surface area contributed by atoms with E-state index in [1.807, 2.05) is 37.3 Å². The van der Waals surface area contributed by atoms with Gasteiger partial charge in [-0.2, -0.15) is 5.26 Å². The smallest absolute Gasteiger partial charge is 0.270 e. The maximum absolute atomic E-state index is 12.8. The molecule has 1 aliphatic rings. The third-order valence-corrected chi connectivity index (χ3v) is 6.42. The summed E-state index contributed by atoms with van der Waals surface area (Å²) in [5.74, 6) is 0.321. The molecule has 0 atom stereocenters. The second kappa shape index (κ2) is 9.33. The zero-order valence-corrected chi connectivity index (χ0v) is 19.2. The van der Waals surface area contributed by atoms with Crippen LogP contribution in [0.2, 0.25) is 0 Å². The van der Waals surface area contributed by atoms with Crippen LogP contribution in [-0.4, -0.2) is 26.2 Å². The van der Waals surface area contributed by atoms with Crippen molar-refractivity contribution in [1.82, 2.24) is 9.47 Å². The predicted molar refractivity (Wildman–Crippen MR) is 130 cm³/mol. The van der Waals surface area contributed by atoms with Gasteiger partial charge in [-0.25, -0.2) is 0 Å². The Balaban J connectivity index is 2.09. The van der Waals surface area contributed by atoms with Crippen molar-refractivity contribution in [2.75, 3.05) is 11.9 Å². The molecule has 2 aromatic rings. The highest BCUT2D eigenvalue weighted by molar-refractivity contribution is 8.26. The highest BCUT2D eigenvalue weighted by Gasteiger charge is 2.31. The van der Waals surface area contributed by atoms with Crippen LogP contribution in [0.15, 0.2) is 46.6 Å². The van der Waals surface area contributed by atoms with Gasteiger partial charge < -0.3 is 5.32 Å². The fourth-order valence-electron chi connectivity index (χ4n) is 3.25. The first-order valence-electron chi connectivity index (χ1n) is 9.57. The minimum absolute atomic E-state index is 0.0520. The van der Waals surface area contributed by atoms with Crippen molar-refractivity contribution in [1.29, 1.82) is 5.26 Å². The lowest BCUT2D eigenvalue weighted by Crippen LogP contribution is -2.28. The Kier molecular flexibility index (Phi) is 6.78. The van der Waals surface area contributed by atoms with Crippen LogP contribution in [0, 0.1) is 25.2 Å². The summed E-state index contributed by atoms with van der Waals surface area (Å²) in [6.45, 7) is 8.21. The van der Waals surface area contributed by atoms with Crippen molar-refractivity contribution < 1.29 is 4.79 Å². The van der Waals surface area contributed by atoms with Crippen molar-refractivity contribution in [3.63, 3.8) is 0 Å². The Morgan fingerprint density at radius 2 is 1.94 bits per heavy atom. The molecule has 0 aliphatic carbocycles. The molecule has 6 nitrogen and oxygen atoms in total. The highest BCUT2D eigenvalue weighted by atomic mass is 32.2. The highest BCUT2D eigenvalue weighted by Crippen LogP contribution is 2.34. The number of nitrogens with zero attached hydrogens (tertiary/aromatic N) is 3. The summed E-state index contributed by atoms with van der Waals surface area (Å²) in [5, 5.41) is 12.8. The van der Waals surface area contributed by atoms with Gasteiger partial charge in [0.15, 0.2) is 0 Å². The van der Waals surface area contributed by atoms with E-state index in [4.69, 9.17) is 12.2 Å². The number of thiocarbonyl (C=S) groups is 1. The van der Waals surface area contributed by atoms with Gasteiger partial charge in [-0.15, -0.1) is 6.58 Å². The number of nitriles is 1. The Hall–Kier alpha value is -3.15. The molecule has 31 heavy (non-hydrogen) atoms. The number of benzene rings is 1. The van der Waals surface area contributed by atoms with E-state index in [1.165, 1.54) is 21.2 Å². The van der Waals surface area contributed by atoms with E-state index in [0.717, 1.165) is 11.1 Å². The molecule has 0 bridgehead atoms. The summed E-state index contributed by atoms with van der Waals surface area (Å²) in [6, 6.07) is 10.1. The number of amides is 1. The van der Waals surface area contributed by atoms with Gasteiger partial charge in [0.1, 0.15) is 21.8 Å². The number of carbonyl (C=O) groups excluding carboxylic acids is 1. The van der Waals surface area contributed by atoms with Crippen LogP contribution in [0.4, 0.5) is 5.82 Å². The fourth-order valence-corrected chi connectivity index (χ4v) is 4.51. The molecule has 0 saturated carbocycles. The number of hydrogen-bond donors (Lipinski definition) is 1. The minimum Gasteiger partial charge on any atom is -0.367 e. The fraction of sp³-hybridized carbons (Fsp3) is 0.217. The van der Waals surface area contributed by atoms with E-state index < -0.39 is 0 Å². The lowest BCUT2D eigenvalue weighted by Gasteiger charge is -2.18. The molecule has 1 aromatic carbocycles. The van der Waals surface area contributed by atoms with Crippen LogP contribution in [-0.2, 0) is 18.4 Å². The lowest BCUT2D eigenvalue weighted by molar-refractivity contribution is -0.121. The average Bonchev–Trinajstić information content (AvgIpc) is 3.01. The van der Waals surface area contributed by atoms with Gasteiger partial charge in [-0.05, 0) is 31.1 Å². The van der Waals surface area contributed by atoms with E-state index in [2.05, 4.69) is 11.9 Å². The standard InChI is InChI=1S/C23H22N4O2S2/c1-5-10-27-22(29)19(31-23(27)30)11-17-15(3)18(12-24)21(28)26(4)20(17)25-13-16-8-6-14(2)7-9-16/h5-9,11,25H,1,10,13H2,2-4H3/b19-11-. The van der Waals surface area contributed by atoms with Gasteiger partial charge in [-0.3, -0.25) is 19.1 Å². The monoisotopic (exact) mass is 450 g/mol.